The van der Waals surface area contributed by atoms with E-state index >= 15 is 0 Å². The van der Waals surface area contributed by atoms with Gasteiger partial charge in [-0.3, -0.25) is 9.59 Å². The fourth-order valence-corrected chi connectivity index (χ4v) is 2.34. The fraction of sp³-hybridized carbons (Fsp3) is 0.385. The van der Waals surface area contributed by atoms with E-state index in [1.54, 1.807) is 32.3 Å². The van der Waals surface area contributed by atoms with Gasteiger partial charge < -0.3 is 9.80 Å². The van der Waals surface area contributed by atoms with Crippen molar-refractivity contribution in [2.24, 2.45) is 0 Å². The molecule has 1 rings (SSSR count). The minimum absolute atomic E-state index is 0.0750. The Bertz CT molecular complexity index is 492. The smallest absolute Gasteiger partial charge is 0.255 e. The van der Waals surface area contributed by atoms with Gasteiger partial charge in [0.15, 0.2) is 0 Å². The number of amides is 2. The lowest BCUT2D eigenvalue weighted by Crippen LogP contribution is -2.40. The molecular formula is C13H17BrN2O2S. The van der Waals surface area contributed by atoms with E-state index < -0.39 is 0 Å². The summed E-state index contributed by atoms with van der Waals surface area (Å²) in [4.78, 5) is 27.6. The zero-order chi connectivity index (χ0) is 14.6. The second kappa shape index (κ2) is 6.96. The summed E-state index contributed by atoms with van der Waals surface area (Å²) in [5.41, 5.74) is 0.500. The average molecular weight is 345 g/mol. The molecule has 0 aromatic heterocycles. The molecule has 0 radical (unpaired) electrons. The van der Waals surface area contributed by atoms with Crippen LogP contribution in [-0.4, -0.2) is 48.8 Å². The maximum atomic E-state index is 12.4. The molecule has 0 saturated heterocycles. The van der Waals surface area contributed by atoms with Gasteiger partial charge in [-0.15, -0.1) is 12.6 Å². The van der Waals surface area contributed by atoms with E-state index in [4.69, 9.17) is 0 Å². The van der Waals surface area contributed by atoms with E-state index in [2.05, 4.69) is 28.6 Å². The lowest BCUT2D eigenvalue weighted by molar-refractivity contribution is -0.129. The highest BCUT2D eigenvalue weighted by molar-refractivity contribution is 9.10. The topological polar surface area (TPSA) is 40.6 Å². The SMILES string of the molecule is CCN(CC(=O)N(C)C)C(=O)c1ccc(Br)cc1S. The van der Waals surface area contributed by atoms with E-state index in [0.717, 1.165) is 4.47 Å². The van der Waals surface area contributed by atoms with Crippen molar-refractivity contribution < 1.29 is 9.59 Å². The first-order chi connectivity index (χ1) is 8.86. The number of nitrogens with zero attached hydrogens (tertiary/aromatic N) is 2. The molecule has 0 fully saturated rings. The summed E-state index contributed by atoms with van der Waals surface area (Å²) >= 11 is 7.62. The van der Waals surface area contributed by atoms with Crippen LogP contribution in [0.15, 0.2) is 27.6 Å². The molecule has 104 valence electrons. The van der Waals surface area contributed by atoms with Crippen molar-refractivity contribution in [3.63, 3.8) is 0 Å². The predicted molar refractivity (Wildman–Crippen MR) is 81.7 cm³/mol. The largest absolute Gasteiger partial charge is 0.347 e. The van der Waals surface area contributed by atoms with Crippen molar-refractivity contribution >= 4 is 40.4 Å². The number of likely N-dealkylation sites (N-methyl/N-ethyl adjacent to an activating group) is 2. The van der Waals surface area contributed by atoms with Crippen molar-refractivity contribution in [2.45, 2.75) is 11.8 Å². The van der Waals surface area contributed by atoms with Gasteiger partial charge in [0.25, 0.3) is 5.91 Å². The molecule has 1 aromatic carbocycles. The normalized spacial score (nSPS) is 10.2. The molecule has 6 heteroatoms. The van der Waals surface area contributed by atoms with Crippen LogP contribution in [0.4, 0.5) is 0 Å². The van der Waals surface area contributed by atoms with Crippen LogP contribution in [-0.2, 0) is 4.79 Å². The molecule has 1 aromatic rings. The predicted octanol–water partition coefficient (Wildman–Crippen LogP) is 2.29. The summed E-state index contributed by atoms with van der Waals surface area (Å²) < 4.78 is 0.862. The van der Waals surface area contributed by atoms with Gasteiger partial charge in [0.05, 0.1) is 12.1 Å². The van der Waals surface area contributed by atoms with Gasteiger partial charge in [-0.05, 0) is 25.1 Å². The highest BCUT2D eigenvalue weighted by Crippen LogP contribution is 2.21. The Morgan fingerprint density at radius 2 is 1.95 bits per heavy atom. The summed E-state index contributed by atoms with van der Waals surface area (Å²) in [5.74, 6) is -0.289. The number of thiol groups is 1. The minimum atomic E-state index is -0.185. The van der Waals surface area contributed by atoms with Crippen molar-refractivity contribution in [3.05, 3.63) is 28.2 Å². The third-order valence-electron chi connectivity index (χ3n) is 2.68. The molecule has 0 spiro atoms. The zero-order valence-corrected chi connectivity index (χ0v) is 13.7. The maximum Gasteiger partial charge on any atom is 0.255 e. The lowest BCUT2D eigenvalue weighted by atomic mass is 10.2. The van der Waals surface area contributed by atoms with Crippen LogP contribution in [0.3, 0.4) is 0 Å². The average Bonchev–Trinajstić information content (AvgIpc) is 2.34. The Hall–Kier alpha value is -1.01. The third kappa shape index (κ3) is 4.24. The molecule has 4 nitrogen and oxygen atoms in total. The molecule has 0 aliphatic rings. The summed E-state index contributed by atoms with van der Waals surface area (Å²) in [6, 6.07) is 5.25. The van der Waals surface area contributed by atoms with Crippen LogP contribution in [0, 0.1) is 0 Å². The second-order valence-corrected chi connectivity index (χ2v) is 5.67. The first-order valence-corrected chi connectivity index (χ1v) is 7.08. The molecule has 0 aliphatic carbocycles. The molecule has 0 atom stereocenters. The first-order valence-electron chi connectivity index (χ1n) is 5.84. The van der Waals surface area contributed by atoms with Crippen LogP contribution < -0.4 is 0 Å². The van der Waals surface area contributed by atoms with Gasteiger partial charge in [-0.25, -0.2) is 0 Å². The van der Waals surface area contributed by atoms with Crippen LogP contribution in [0.1, 0.15) is 17.3 Å². The fourth-order valence-electron chi connectivity index (χ4n) is 1.49. The summed E-state index contributed by atoms with van der Waals surface area (Å²) in [7, 11) is 3.34. The van der Waals surface area contributed by atoms with E-state index in [-0.39, 0.29) is 18.4 Å². The molecule has 0 saturated carbocycles. The summed E-state index contributed by atoms with van der Waals surface area (Å²) in [6.07, 6.45) is 0. The molecule has 19 heavy (non-hydrogen) atoms. The number of halogens is 1. The van der Waals surface area contributed by atoms with Gasteiger partial charge in [0.2, 0.25) is 5.91 Å². The van der Waals surface area contributed by atoms with Crippen LogP contribution in [0.5, 0.6) is 0 Å². The van der Waals surface area contributed by atoms with Crippen LogP contribution in [0.2, 0.25) is 0 Å². The Labute approximate surface area is 127 Å². The standard InChI is InChI=1S/C13H17BrN2O2S/c1-4-16(8-12(17)15(2)3)13(18)10-6-5-9(14)7-11(10)19/h5-7,19H,4,8H2,1-3H3. The van der Waals surface area contributed by atoms with E-state index in [1.807, 2.05) is 6.92 Å². The Balaban J connectivity index is 2.92. The van der Waals surface area contributed by atoms with E-state index in [1.165, 1.54) is 9.80 Å². The zero-order valence-electron chi connectivity index (χ0n) is 11.2. The molecule has 0 heterocycles. The molecule has 0 N–H and O–H groups in total. The van der Waals surface area contributed by atoms with Gasteiger partial charge >= 0.3 is 0 Å². The number of hydrogen-bond donors (Lipinski definition) is 1. The van der Waals surface area contributed by atoms with Crippen LogP contribution in [0.25, 0.3) is 0 Å². The van der Waals surface area contributed by atoms with E-state index in [0.29, 0.717) is 17.0 Å². The van der Waals surface area contributed by atoms with Crippen LogP contribution >= 0.6 is 28.6 Å². The Kier molecular flexibility index (Phi) is 5.87. The van der Waals surface area contributed by atoms with Crippen molar-refractivity contribution in [2.75, 3.05) is 27.2 Å². The summed E-state index contributed by atoms with van der Waals surface area (Å²) in [5, 5.41) is 0. The van der Waals surface area contributed by atoms with Crippen molar-refractivity contribution in [1.82, 2.24) is 9.80 Å². The molecule has 0 aliphatic heterocycles. The first kappa shape index (κ1) is 16.0. The van der Waals surface area contributed by atoms with Crippen molar-refractivity contribution in [3.8, 4) is 0 Å². The minimum Gasteiger partial charge on any atom is -0.347 e. The van der Waals surface area contributed by atoms with Gasteiger partial charge in [-0.2, -0.15) is 0 Å². The Morgan fingerprint density at radius 1 is 1.32 bits per heavy atom. The molecular weight excluding hydrogens is 328 g/mol. The van der Waals surface area contributed by atoms with E-state index in [9.17, 15) is 9.59 Å². The number of carbonyl (C=O) groups excluding carboxylic acids is 2. The second-order valence-electron chi connectivity index (χ2n) is 4.27. The summed E-state index contributed by atoms with van der Waals surface area (Å²) in [6.45, 7) is 2.39. The highest BCUT2D eigenvalue weighted by atomic mass is 79.9. The van der Waals surface area contributed by atoms with Gasteiger partial charge in [0, 0.05) is 30.0 Å². The van der Waals surface area contributed by atoms with Gasteiger partial charge in [0.1, 0.15) is 0 Å². The van der Waals surface area contributed by atoms with Gasteiger partial charge in [-0.1, -0.05) is 15.9 Å². The number of benzene rings is 1. The monoisotopic (exact) mass is 344 g/mol. The van der Waals surface area contributed by atoms with Crippen molar-refractivity contribution in [1.29, 1.82) is 0 Å². The molecule has 2 amide bonds. The number of hydrogen-bond acceptors (Lipinski definition) is 3. The number of rotatable bonds is 4. The Morgan fingerprint density at radius 3 is 2.42 bits per heavy atom. The molecule has 0 unspecified atom stereocenters. The lowest BCUT2D eigenvalue weighted by Gasteiger charge is -2.23. The quantitative estimate of drug-likeness (QED) is 0.851. The third-order valence-corrected chi connectivity index (χ3v) is 3.55. The molecule has 0 bridgehead atoms. The maximum absolute atomic E-state index is 12.4. The number of carbonyl (C=O) groups is 2. The highest BCUT2D eigenvalue weighted by Gasteiger charge is 2.19.